The summed E-state index contributed by atoms with van der Waals surface area (Å²) >= 11 is 0. The summed E-state index contributed by atoms with van der Waals surface area (Å²) < 4.78 is 0. The predicted molar refractivity (Wildman–Crippen MR) is 54.3 cm³/mol. The molecule has 0 radical (unpaired) electrons. The average molecular weight is 187 g/mol. The van der Waals surface area contributed by atoms with Gasteiger partial charge < -0.3 is 11.1 Å². The summed E-state index contributed by atoms with van der Waals surface area (Å²) in [4.78, 5) is 10.5. The van der Waals surface area contributed by atoms with E-state index in [0.717, 1.165) is 5.56 Å². The van der Waals surface area contributed by atoms with E-state index in [1.165, 1.54) is 6.08 Å². The number of nitrogens with two attached hydrogens (primary N) is 1. The quantitative estimate of drug-likeness (QED) is 0.691. The maximum atomic E-state index is 10.5. The Morgan fingerprint density at radius 3 is 3.00 bits per heavy atom. The van der Waals surface area contributed by atoms with Crippen molar-refractivity contribution in [1.29, 1.82) is 5.26 Å². The number of rotatable bonds is 2. The van der Waals surface area contributed by atoms with E-state index in [0.29, 0.717) is 5.69 Å². The van der Waals surface area contributed by atoms with Gasteiger partial charge in [-0.15, -0.1) is 0 Å². The fraction of sp³-hybridized carbons (Fsp3) is 0. The second kappa shape index (κ2) is 4.67. The van der Waals surface area contributed by atoms with Crippen LogP contribution >= 0.6 is 0 Å². The molecule has 0 heterocycles. The van der Waals surface area contributed by atoms with E-state index in [9.17, 15) is 4.79 Å². The Morgan fingerprint density at radius 2 is 2.36 bits per heavy atom. The van der Waals surface area contributed by atoms with Crippen LogP contribution in [0.5, 0.6) is 0 Å². The van der Waals surface area contributed by atoms with Gasteiger partial charge in [0.05, 0.1) is 6.07 Å². The van der Waals surface area contributed by atoms with Gasteiger partial charge in [0.2, 0.25) is 0 Å². The monoisotopic (exact) mass is 187 g/mol. The first kappa shape index (κ1) is 9.81. The standard InChI is InChI=1S/C10H9N3O/c11-6-2-4-8-3-1-5-9(7-8)13-10(12)14/h1-5,7H,(H3,12,13,14). The van der Waals surface area contributed by atoms with Gasteiger partial charge >= 0.3 is 6.03 Å². The first-order chi connectivity index (χ1) is 6.72. The van der Waals surface area contributed by atoms with Crippen LogP contribution < -0.4 is 11.1 Å². The normalized spacial score (nSPS) is 9.64. The van der Waals surface area contributed by atoms with Crippen LogP contribution in [0.2, 0.25) is 0 Å². The molecule has 0 aliphatic rings. The molecule has 3 N–H and O–H groups in total. The molecule has 0 atom stereocenters. The lowest BCUT2D eigenvalue weighted by Gasteiger charge is -2.01. The number of carbonyl (C=O) groups is 1. The molecule has 1 aromatic rings. The fourth-order valence-corrected chi connectivity index (χ4v) is 0.996. The van der Waals surface area contributed by atoms with Crippen LogP contribution in [0.3, 0.4) is 0 Å². The summed E-state index contributed by atoms with van der Waals surface area (Å²) in [5, 5.41) is 10.8. The third-order valence-corrected chi connectivity index (χ3v) is 1.50. The molecule has 0 aliphatic carbocycles. The summed E-state index contributed by atoms with van der Waals surface area (Å²) in [6.07, 6.45) is 3.01. The summed E-state index contributed by atoms with van der Waals surface area (Å²) in [5.74, 6) is 0. The number of hydrogen-bond acceptors (Lipinski definition) is 2. The molecule has 14 heavy (non-hydrogen) atoms. The number of benzene rings is 1. The lowest BCUT2D eigenvalue weighted by Crippen LogP contribution is -2.19. The van der Waals surface area contributed by atoms with Crippen LogP contribution in [0.25, 0.3) is 6.08 Å². The molecule has 0 aromatic heterocycles. The predicted octanol–water partition coefficient (Wildman–Crippen LogP) is 1.71. The zero-order chi connectivity index (χ0) is 10.4. The highest BCUT2D eigenvalue weighted by Gasteiger charge is 1.95. The molecule has 0 unspecified atom stereocenters. The number of primary amides is 1. The molecule has 2 amide bonds. The molecule has 70 valence electrons. The minimum absolute atomic E-state index is 0.605. The lowest BCUT2D eigenvalue weighted by atomic mass is 10.2. The number of carbonyl (C=O) groups excluding carboxylic acids is 1. The number of nitrogens with zero attached hydrogens (tertiary/aromatic N) is 1. The lowest BCUT2D eigenvalue weighted by molar-refractivity contribution is 0.259. The Hall–Kier alpha value is -2.28. The van der Waals surface area contributed by atoms with Crippen LogP contribution in [0.4, 0.5) is 10.5 Å². The highest BCUT2D eigenvalue weighted by atomic mass is 16.2. The first-order valence-corrected chi connectivity index (χ1v) is 3.95. The molecule has 0 aliphatic heterocycles. The Balaban J connectivity index is 2.85. The van der Waals surface area contributed by atoms with Crippen LogP contribution in [-0.2, 0) is 0 Å². The zero-order valence-electron chi connectivity index (χ0n) is 7.40. The van der Waals surface area contributed by atoms with E-state index in [4.69, 9.17) is 11.0 Å². The van der Waals surface area contributed by atoms with Crippen molar-refractivity contribution in [2.75, 3.05) is 5.32 Å². The maximum Gasteiger partial charge on any atom is 0.316 e. The molecule has 0 saturated heterocycles. The highest BCUT2D eigenvalue weighted by Crippen LogP contribution is 2.11. The Labute approximate surface area is 81.6 Å². The number of allylic oxidation sites excluding steroid dienone is 1. The van der Waals surface area contributed by atoms with E-state index < -0.39 is 6.03 Å². The highest BCUT2D eigenvalue weighted by molar-refractivity contribution is 5.88. The minimum atomic E-state index is -0.605. The largest absolute Gasteiger partial charge is 0.351 e. The number of hydrogen-bond donors (Lipinski definition) is 2. The summed E-state index contributed by atoms with van der Waals surface area (Å²) in [6.45, 7) is 0. The second-order valence-electron chi connectivity index (χ2n) is 2.58. The first-order valence-electron chi connectivity index (χ1n) is 3.95. The Bertz CT molecular complexity index is 404. The van der Waals surface area contributed by atoms with Crippen LogP contribution in [0.15, 0.2) is 30.3 Å². The SMILES string of the molecule is N#CC=Cc1cccc(NC(N)=O)c1. The van der Waals surface area contributed by atoms with Crippen LogP contribution in [-0.4, -0.2) is 6.03 Å². The molecule has 0 spiro atoms. The van der Waals surface area contributed by atoms with Gasteiger partial charge in [-0.05, 0) is 23.8 Å². The van der Waals surface area contributed by atoms with Gasteiger partial charge in [0, 0.05) is 11.8 Å². The number of nitrogens with one attached hydrogen (secondary N) is 1. The third-order valence-electron chi connectivity index (χ3n) is 1.50. The summed E-state index contributed by atoms with van der Waals surface area (Å²) in [5.41, 5.74) is 6.39. The van der Waals surface area contributed by atoms with Gasteiger partial charge in [0.15, 0.2) is 0 Å². The average Bonchev–Trinajstić information content (AvgIpc) is 2.14. The molecule has 1 aromatic carbocycles. The maximum absolute atomic E-state index is 10.5. The van der Waals surface area contributed by atoms with Gasteiger partial charge in [-0.1, -0.05) is 12.1 Å². The molecule has 0 fully saturated rings. The zero-order valence-corrected chi connectivity index (χ0v) is 7.40. The van der Waals surface area contributed by atoms with Gasteiger partial charge in [-0.2, -0.15) is 5.26 Å². The summed E-state index contributed by atoms with van der Waals surface area (Å²) in [7, 11) is 0. The summed E-state index contributed by atoms with van der Waals surface area (Å²) in [6, 6.07) is 8.30. The number of amides is 2. The van der Waals surface area contributed by atoms with E-state index in [1.807, 2.05) is 12.1 Å². The minimum Gasteiger partial charge on any atom is -0.351 e. The van der Waals surface area contributed by atoms with Crippen molar-refractivity contribution in [3.8, 4) is 6.07 Å². The van der Waals surface area contributed by atoms with Crippen molar-refractivity contribution in [3.63, 3.8) is 0 Å². The Morgan fingerprint density at radius 1 is 1.57 bits per heavy atom. The van der Waals surface area contributed by atoms with Crippen LogP contribution in [0.1, 0.15) is 5.56 Å². The van der Waals surface area contributed by atoms with E-state index >= 15 is 0 Å². The van der Waals surface area contributed by atoms with Crippen molar-refractivity contribution < 1.29 is 4.79 Å². The fourth-order valence-electron chi connectivity index (χ4n) is 0.996. The van der Waals surface area contributed by atoms with Crippen molar-refractivity contribution in [2.45, 2.75) is 0 Å². The molecule has 0 bridgehead atoms. The third kappa shape index (κ3) is 2.99. The van der Waals surface area contributed by atoms with E-state index in [-0.39, 0.29) is 0 Å². The molecular formula is C10H9N3O. The molecular weight excluding hydrogens is 178 g/mol. The van der Waals surface area contributed by atoms with Crippen molar-refractivity contribution in [2.24, 2.45) is 5.73 Å². The van der Waals surface area contributed by atoms with E-state index in [2.05, 4.69) is 5.32 Å². The topological polar surface area (TPSA) is 78.9 Å². The number of anilines is 1. The van der Waals surface area contributed by atoms with Gasteiger partial charge in [-0.3, -0.25) is 0 Å². The second-order valence-corrected chi connectivity index (χ2v) is 2.58. The molecule has 4 nitrogen and oxygen atoms in total. The molecule has 4 heteroatoms. The molecule has 0 saturated carbocycles. The molecule has 1 rings (SSSR count). The van der Waals surface area contributed by atoms with Gasteiger partial charge in [0.25, 0.3) is 0 Å². The van der Waals surface area contributed by atoms with Gasteiger partial charge in [-0.25, -0.2) is 4.79 Å². The Kier molecular flexibility index (Phi) is 3.27. The van der Waals surface area contributed by atoms with Crippen molar-refractivity contribution in [3.05, 3.63) is 35.9 Å². The van der Waals surface area contributed by atoms with Crippen molar-refractivity contribution >= 4 is 17.8 Å². The van der Waals surface area contributed by atoms with Crippen molar-refractivity contribution in [1.82, 2.24) is 0 Å². The number of nitriles is 1. The van der Waals surface area contributed by atoms with Crippen LogP contribution in [0, 0.1) is 11.3 Å². The smallest absolute Gasteiger partial charge is 0.316 e. The van der Waals surface area contributed by atoms with E-state index in [1.54, 1.807) is 24.3 Å². The number of urea groups is 1. The van der Waals surface area contributed by atoms with Gasteiger partial charge in [0.1, 0.15) is 0 Å².